The number of pyridine rings is 1. The molecule has 1 aliphatic rings. The third kappa shape index (κ3) is 5.80. The molecule has 0 radical (unpaired) electrons. The zero-order valence-corrected chi connectivity index (χ0v) is 21.7. The van der Waals surface area contributed by atoms with Crippen molar-refractivity contribution in [3.63, 3.8) is 0 Å². The number of carbonyl (C=O) groups is 1. The minimum Gasteiger partial charge on any atom is -0.467 e. The third-order valence-electron chi connectivity index (χ3n) is 6.40. The van der Waals surface area contributed by atoms with Gasteiger partial charge in [0.2, 0.25) is 0 Å². The van der Waals surface area contributed by atoms with Crippen molar-refractivity contribution < 1.29 is 14.3 Å². The van der Waals surface area contributed by atoms with E-state index in [0.29, 0.717) is 0 Å². The number of nitrogens with zero attached hydrogens (tertiary/aromatic N) is 2. The number of fused-ring (bicyclic) bond motifs is 1. The summed E-state index contributed by atoms with van der Waals surface area (Å²) in [7, 11) is 1.41. The molecule has 1 unspecified atom stereocenters. The molecule has 4 rings (SSSR count). The van der Waals surface area contributed by atoms with Gasteiger partial charge in [0, 0.05) is 43.0 Å². The number of benzene rings is 2. The summed E-state index contributed by atoms with van der Waals surface area (Å²) in [6, 6.07) is 19.0. The van der Waals surface area contributed by atoms with Crippen LogP contribution in [0.3, 0.4) is 0 Å². The average molecular weight is 473 g/mol. The topological polar surface area (TPSA) is 51.7 Å². The summed E-state index contributed by atoms with van der Waals surface area (Å²) < 4.78 is 11.5. The molecule has 0 saturated carbocycles. The molecule has 1 atom stereocenters. The van der Waals surface area contributed by atoms with Crippen molar-refractivity contribution >= 4 is 5.97 Å². The van der Waals surface area contributed by atoms with Crippen LogP contribution >= 0.6 is 0 Å². The van der Waals surface area contributed by atoms with E-state index in [1.54, 1.807) is 0 Å². The van der Waals surface area contributed by atoms with Gasteiger partial charge in [-0.1, -0.05) is 60.2 Å². The Labute approximate surface area is 209 Å². The lowest BCUT2D eigenvalue weighted by Crippen LogP contribution is -2.33. The van der Waals surface area contributed by atoms with Crippen LogP contribution in [0.4, 0.5) is 0 Å². The van der Waals surface area contributed by atoms with Crippen molar-refractivity contribution in [3.05, 3.63) is 88.2 Å². The number of hydrogen-bond donors (Lipinski definition) is 0. The lowest BCUT2D eigenvalue weighted by atomic mass is 9.87. The second-order valence-corrected chi connectivity index (χ2v) is 10.4. The first kappa shape index (κ1) is 25.1. The summed E-state index contributed by atoms with van der Waals surface area (Å²) in [6.45, 7) is 12.5. The molecule has 2 aromatic carbocycles. The molecule has 0 amide bonds. The van der Waals surface area contributed by atoms with Gasteiger partial charge in [-0.05, 0) is 56.9 Å². The molecule has 1 aliphatic heterocycles. The summed E-state index contributed by atoms with van der Waals surface area (Å²) >= 11 is 0. The lowest BCUT2D eigenvalue weighted by molar-refractivity contribution is -0.164. The number of rotatable bonds is 6. The quantitative estimate of drug-likeness (QED) is 0.415. The Morgan fingerprint density at radius 1 is 1.06 bits per heavy atom. The zero-order chi connectivity index (χ0) is 25.2. The van der Waals surface area contributed by atoms with Crippen LogP contribution in [-0.2, 0) is 33.8 Å². The maximum Gasteiger partial charge on any atom is 0.339 e. The van der Waals surface area contributed by atoms with Crippen LogP contribution in [0.2, 0.25) is 0 Å². The highest BCUT2D eigenvalue weighted by Crippen LogP contribution is 2.40. The van der Waals surface area contributed by atoms with Crippen LogP contribution in [0.1, 0.15) is 60.5 Å². The Balaban J connectivity index is 1.87. The molecular formula is C30H36N2O3. The van der Waals surface area contributed by atoms with Gasteiger partial charge in [-0.15, -0.1) is 0 Å². The molecule has 2 heterocycles. The summed E-state index contributed by atoms with van der Waals surface area (Å²) in [5.74, 6) is -0.407. The summed E-state index contributed by atoms with van der Waals surface area (Å²) in [5, 5.41) is 0. The maximum absolute atomic E-state index is 13.1. The van der Waals surface area contributed by atoms with E-state index in [1.807, 2.05) is 33.8 Å². The van der Waals surface area contributed by atoms with E-state index < -0.39 is 17.7 Å². The van der Waals surface area contributed by atoms with Gasteiger partial charge in [-0.25, -0.2) is 4.79 Å². The number of aryl methyl sites for hydroxylation is 2. The maximum atomic E-state index is 13.1. The highest BCUT2D eigenvalue weighted by atomic mass is 16.6. The van der Waals surface area contributed by atoms with Crippen LogP contribution in [0.5, 0.6) is 0 Å². The number of hydrogen-bond acceptors (Lipinski definition) is 5. The van der Waals surface area contributed by atoms with Crippen LogP contribution in [0, 0.1) is 13.8 Å². The summed E-state index contributed by atoms with van der Waals surface area (Å²) in [6.07, 6.45) is 0.00383. The molecular weight excluding hydrogens is 436 g/mol. The van der Waals surface area contributed by atoms with E-state index in [1.165, 1.54) is 23.8 Å². The fourth-order valence-corrected chi connectivity index (χ4v) is 4.79. The van der Waals surface area contributed by atoms with Crippen LogP contribution < -0.4 is 0 Å². The SMILES string of the molecule is COC(=O)C(OC(C)(C)C)c1c(C)nc2c(c1-c1ccc(C)cc1)CN(Cc1ccccc1)CC2. The molecule has 0 bridgehead atoms. The van der Waals surface area contributed by atoms with Gasteiger partial charge in [-0.2, -0.15) is 0 Å². The molecule has 5 nitrogen and oxygen atoms in total. The Morgan fingerprint density at radius 2 is 1.74 bits per heavy atom. The van der Waals surface area contributed by atoms with Crippen molar-refractivity contribution in [1.29, 1.82) is 0 Å². The molecule has 5 heteroatoms. The van der Waals surface area contributed by atoms with Gasteiger partial charge in [0.1, 0.15) is 0 Å². The second-order valence-electron chi connectivity index (χ2n) is 10.4. The first-order valence-corrected chi connectivity index (χ1v) is 12.3. The highest BCUT2D eigenvalue weighted by molar-refractivity contribution is 5.83. The molecule has 1 aromatic heterocycles. The lowest BCUT2D eigenvalue weighted by Gasteiger charge is -2.34. The molecule has 0 aliphatic carbocycles. The number of carbonyl (C=O) groups excluding carboxylic acids is 1. The molecule has 0 spiro atoms. The van der Waals surface area contributed by atoms with E-state index in [4.69, 9.17) is 14.5 Å². The molecule has 0 N–H and O–H groups in total. The van der Waals surface area contributed by atoms with Gasteiger partial charge in [0.05, 0.1) is 12.7 Å². The van der Waals surface area contributed by atoms with Crippen molar-refractivity contribution in [2.75, 3.05) is 13.7 Å². The van der Waals surface area contributed by atoms with Crippen molar-refractivity contribution in [3.8, 4) is 11.1 Å². The van der Waals surface area contributed by atoms with E-state index in [0.717, 1.165) is 54.1 Å². The monoisotopic (exact) mass is 472 g/mol. The fraction of sp³-hybridized carbons (Fsp3) is 0.400. The second kappa shape index (κ2) is 10.3. The van der Waals surface area contributed by atoms with Crippen molar-refractivity contribution in [1.82, 2.24) is 9.88 Å². The van der Waals surface area contributed by atoms with E-state index in [9.17, 15) is 4.79 Å². The zero-order valence-electron chi connectivity index (χ0n) is 21.7. The average Bonchev–Trinajstić information content (AvgIpc) is 2.82. The summed E-state index contributed by atoms with van der Waals surface area (Å²) in [5.41, 5.74) is 7.95. The molecule has 0 saturated heterocycles. The normalized spacial score (nSPS) is 14.9. The van der Waals surface area contributed by atoms with Crippen LogP contribution in [0.15, 0.2) is 54.6 Å². The number of esters is 1. The van der Waals surface area contributed by atoms with Crippen LogP contribution in [-0.4, -0.2) is 35.1 Å². The predicted octanol–water partition coefficient (Wildman–Crippen LogP) is 5.95. The van der Waals surface area contributed by atoms with Crippen molar-refractivity contribution in [2.24, 2.45) is 0 Å². The largest absolute Gasteiger partial charge is 0.467 e. The van der Waals surface area contributed by atoms with E-state index >= 15 is 0 Å². The van der Waals surface area contributed by atoms with Crippen molar-refractivity contribution in [2.45, 2.75) is 65.8 Å². The predicted molar refractivity (Wildman–Crippen MR) is 139 cm³/mol. The van der Waals surface area contributed by atoms with Gasteiger partial charge in [-0.3, -0.25) is 9.88 Å². The Morgan fingerprint density at radius 3 is 2.37 bits per heavy atom. The first-order chi connectivity index (χ1) is 16.7. The van der Waals surface area contributed by atoms with E-state index in [-0.39, 0.29) is 0 Å². The Kier molecular flexibility index (Phi) is 7.39. The molecule has 184 valence electrons. The smallest absolute Gasteiger partial charge is 0.339 e. The minimum atomic E-state index is -0.862. The van der Waals surface area contributed by atoms with Crippen LogP contribution in [0.25, 0.3) is 11.1 Å². The highest BCUT2D eigenvalue weighted by Gasteiger charge is 2.35. The third-order valence-corrected chi connectivity index (χ3v) is 6.40. The minimum absolute atomic E-state index is 0.407. The van der Waals surface area contributed by atoms with E-state index in [2.05, 4.69) is 60.4 Å². The van der Waals surface area contributed by atoms with Gasteiger partial charge >= 0.3 is 5.97 Å². The van der Waals surface area contributed by atoms with Gasteiger partial charge in [0.15, 0.2) is 6.10 Å². The molecule has 3 aromatic rings. The van der Waals surface area contributed by atoms with Gasteiger partial charge < -0.3 is 9.47 Å². The Bertz CT molecular complexity index is 1180. The number of methoxy groups -OCH3 is 1. The molecule has 35 heavy (non-hydrogen) atoms. The Hall–Kier alpha value is -3.02. The molecule has 0 fully saturated rings. The first-order valence-electron chi connectivity index (χ1n) is 12.3. The number of ether oxygens (including phenoxy) is 2. The number of aromatic nitrogens is 1. The fourth-order valence-electron chi connectivity index (χ4n) is 4.79. The van der Waals surface area contributed by atoms with Gasteiger partial charge in [0.25, 0.3) is 0 Å². The standard InChI is InChI=1S/C30H36N2O3/c1-20-12-14-23(15-13-20)27-24-19-32(18-22-10-8-7-9-11-22)17-16-25(24)31-21(2)26(27)28(29(33)34-6)35-30(3,4)5/h7-15,28H,16-19H2,1-6H3. The summed E-state index contributed by atoms with van der Waals surface area (Å²) in [4.78, 5) is 20.5.